The maximum atomic E-state index is 9.41. The molecule has 3 nitrogen and oxygen atoms in total. The Kier molecular flexibility index (Phi) is 5.04. The molecule has 0 aliphatic rings. The van der Waals surface area contributed by atoms with Crippen LogP contribution in [-0.4, -0.2) is 29.0 Å². The van der Waals surface area contributed by atoms with Gasteiger partial charge in [-0.05, 0) is 5.56 Å². The summed E-state index contributed by atoms with van der Waals surface area (Å²) in [6.45, 7) is 4.44. The van der Waals surface area contributed by atoms with Crippen LogP contribution in [0.4, 0.5) is 0 Å². The van der Waals surface area contributed by atoms with Gasteiger partial charge in [-0.1, -0.05) is 36.4 Å². The van der Waals surface area contributed by atoms with Crippen molar-refractivity contribution in [3.05, 3.63) is 48.6 Å². The third kappa shape index (κ3) is 4.25. The maximum Gasteiger partial charge on any atom is 0.0989 e. The Balaban J connectivity index is 2.25. The smallest absolute Gasteiger partial charge is 0.0989 e. The van der Waals surface area contributed by atoms with Crippen LogP contribution in [-0.2, 0) is 6.54 Å². The zero-order valence-corrected chi connectivity index (χ0v) is 8.63. The molecule has 0 saturated carbocycles. The van der Waals surface area contributed by atoms with E-state index < -0.39 is 12.2 Å². The van der Waals surface area contributed by atoms with E-state index in [4.69, 9.17) is 0 Å². The standard InChI is InChI=1S/C12H17NO2/c1-2-11(14)12(15)9-13-8-10-6-4-3-5-7-10/h2-7,11-15H,1,8-9H2/t11-,12+/m1/s1. The zero-order chi connectivity index (χ0) is 11.1. The second-order valence-electron chi connectivity index (χ2n) is 3.41. The summed E-state index contributed by atoms with van der Waals surface area (Å²) in [5, 5.41) is 21.7. The highest BCUT2D eigenvalue weighted by atomic mass is 16.3. The molecule has 1 aromatic carbocycles. The Bertz CT molecular complexity index is 287. The van der Waals surface area contributed by atoms with Crippen molar-refractivity contribution in [2.75, 3.05) is 6.54 Å². The fraction of sp³-hybridized carbons (Fsp3) is 0.333. The van der Waals surface area contributed by atoms with Crippen LogP contribution in [0.25, 0.3) is 0 Å². The van der Waals surface area contributed by atoms with Crippen molar-refractivity contribution in [3.8, 4) is 0 Å². The predicted molar refractivity (Wildman–Crippen MR) is 60.4 cm³/mol. The Morgan fingerprint density at radius 1 is 1.27 bits per heavy atom. The van der Waals surface area contributed by atoms with Gasteiger partial charge in [-0.3, -0.25) is 0 Å². The maximum absolute atomic E-state index is 9.41. The molecule has 2 atom stereocenters. The van der Waals surface area contributed by atoms with Crippen molar-refractivity contribution < 1.29 is 10.2 Å². The fourth-order valence-electron chi connectivity index (χ4n) is 1.24. The highest BCUT2D eigenvalue weighted by molar-refractivity contribution is 5.14. The highest BCUT2D eigenvalue weighted by Gasteiger charge is 2.11. The van der Waals surface area contributed by atoms with Crippen molar-refractivity contribution in [3.63, 3.8) is 0 Å². The molecular weight excluding hydrogens is 190 g/mol. The van der Waals surface area contributed by atoms with Gasteiger partial charge in [0.25, 0.3) is 0 Å². The molecule has 0 unspecified atom stereocenters. The minimum atomic E-state index is -0.867. The molecular formula is C12H17NO2. The van der Waals surface area contributed by atoms with E-state index in [0.29, 0.717) is 13.1 Å². The van der Waals surface area contributed by atoms with E-state index in [1.54, 1.807) is 0 Å². The van der Waals surface area contributed by atoms with E-state index in [-0.39, 0.29) is 0 Å². The number of nitrogens with one attached hydrogen (secondary N) is 1. The first kappa shape index (κ1) is 11.9. The van der Waals surface area contributed by atoms with Crippen LogP contribution in [0.15, 0.2) is 43.0 Å². The van der Waals surface area contributed by atoms with E-state index in [1.807, 2.05) is 30.3 Å². The van der Waals surface area contributed by atoms with Gasteiger partial charge in [0.15, 0.2) is 0 Å². The van der Waals surface area contributed by atoms with Crippen molar-refractivity contribution in [1.29, 1.82) is 0 Å². The van der Waals surface area contributed by atoms with Crippen LogP contribution in [0.3, 0.4) is 0 Å². The molecule has 0 aromatic heterocycles. The summed E-state index contributed by atoms with van der Waals surface area (Å²) < 4.78 is 0. The molecule has 82 valence electrons. The highest BCUT2D eigenvalue weighted by Crippen LogP contribution is 1.98. The SMILES string of the molecule is C=C[C@@H](O)[C@@H](O)CNCc1ccccc1. The largest absolute Gasteiger partial charge is 0.389 e. The molecule has 0 aliphatic heterocycles. The van der Waals surface area contributed by atoms with Crippen LogP contribution in [0.5, 0.6) is 0 Å². The Hall–Kier alpha value is -1.16. The quantitative estimate of drug-likeness (QED) is 0.601. The molecule has 1 aromatic rings. The number of aliphatic hydroxyl groups excluding tert-OH is 2. The summed E-state index contributed by atoms with van der Waals surface area (Å²) in [5.74, 6) is 0. The van der Waals surface area contributed by atoms with Gasteiger partial charge >= 0.3 is 0 Å². The van der Waals surface area contributed by atoms with E-state index in [9.17, 15) is 10.2 Å². The number of benzene rings is 1. The third-order valence-corrected chi connectivity index (χ3v) is 2.16. The second kappa shape index (κ2) is 6.35. The fourth-order valence-corrected chi connectivity index (χ4v) is 1.24. The van der Waals surface area contributed by atoms with Gasteiger partial charge < -0.3 is 15.5 Å². The number of hydrogen-bond donors (Lipinski definition) is 3. The predicted octanol–water partition coefficient (Wildman–Crippen LogP) is 0.684. The normalized spacial score (nSPS) is 14.5. The molecule has 0 saturated heterocycles. The summed E-state index contributed by atoms with van der Waals surface area (Å²) in [6, 6.07) is 9.89. The average Bonchev–Trinajstić information content (AvgIpc) is 2.29. The molecule has 3 N–H and O–H groups in total. The van der Waals surface area contributed by atoms with Crippen LogP contribution < -0.4 is 5.32 Å². The van der Waals surface area contributed by atoms with Crippen LogP contribution >= 0.6 is 0 Å². The molecule has 0 radical (unpaired) electrons. The number of aliphatic hydroxyl groups is 2. The van der Waals surface area contributed by atoms with E-state index in [2.05, 4.69) is 11.9 Å². The van der Waals surface area contributed by atoms with Gasteiger partial charge in [0.1, 0.15) is 0 Å². The first-order valence-electron chi connectivity index (χ1n) is 4.97. The molecule has 15 heavy (non-hydrogen) atoms. The van der Waals surface area contributed by atoms with Gasteiger partial charge in [0, 0.05) is 13.1 Å². The lowest BCUT2D eigenvalue weighted by molar-refractivity contribution is 0.0491. The second-order valence-corrected chi connectivity index (χ2v) is 3.41. The molecule has 1 rings (SSSR count). The van der Waals surface area contributed by atoms with Gasteiger partial charge in [-0.25, -0.2) is 0 Å². The van der Waals surface area contributed by atoms with Crippen LogP contribution in [0.1, 0.15) is 5.56 Å². The molecule has 0 bridgehead atoms. The summed E-state index contributed by atoms with van der Waals surface area (Å²) in [4.78, 5) is 0. The van der Waals surface area contributed by atoms with Gasteiger partial charge in [0.2, 0.25) is 0 Å². The lowest BCUT2D eigenvalue weighted by Gasteiger charge is -2.14. The summed E-state index contributed by atoms with van der Waals surface area (Å²) in [7, 11) is 0. The average molecular weight is 207 g/mol. The molecule has 0 aliphatic carbocycles. The molecule has 0 fully saturated rings. The molecule has 0 heterocycles. The lowest BCUT2D eigenvalue weighted by Crippen LogP contribution is -2.34. The van der Waals surface area contributed by atoms with Crippen LogP contribution in [0.2, 0.25) is 0 Å². The van der Waals surface area contributed by atoms with Gasteiger partial charge in [-0.15, -0.1) is 6.58 Å². The minimum Gasteiger partial charge on any atom is -0.389 e. The van der Waals surface area contributed by atoms with Crippen LogP contribution in [0, 0.1) is 0 Å². The van der Waals surface area contributed by atoms with Crippen molar-refractivity contribution in [2.24, 2.45) is 0 Å². The summed E-state index contributed by atoms with van der Waals surface area (Å²) >= 11 is 0. The topological polar surface area (TPSA) is 52.5 Å². The van der Waals surface area contributed by atoms with E-state index >= 15 is 0 Å². The van der Waals surface area contributed by atoms with Gasteiger partial charge in [-0.2, -0.15) is 0 Å². The third-order valence-electron chi connectivity index (χ3n) is 2.16. The summed E-state index contributed by atoms with van der Waals surface area (Å²) in [5.41, 5.74) is 1.15. The monoisotopic (exact) mass is 207 g/mol. The number of rotatable bonds is 6. The Morgan fingerprint density at radius 2 is 1.93 bits per heavy atom. The lowest BCUT2D eigenvalue weighted by atomic mass is 10.2. The van der Waals surface area contributed by atoms with Crippen molar-refractivity contribution >= 4 is 0 Å². The molecule has 0 amide bonds. The van der Waals surface area contributed by atoms with Gasteiger partial charge in [0.05, 0.1) is 12.2 Å². The van der Waals surface area contributed by atoms with E-state index in [0.717, 1.165) is 5.56 Å². The Labute approximate surface area is 90.1 Å². The molecule has 0 spiro atoms. The first-order chi connectivity index (χ1) is 7.24. The number of hydrogen-bond acceptors (Lipinski definition) is 3. The van der Waals surface area contributed by atoms with Crippen molar-refractivity contribution in [2.45, 2.75) is 18.8 Å². The summed E-state index contributed by atoms with van der Waals surface area (Å²) in [6.07, 6.45) is -0.339. The van der Waals surface area contributed by atoms with E-state index in [1.165, 1.54) is 6.08 Å². The van der Waals surface area contributed by atoms with Crippen molar-refractivity contribution in [1.82, 2.24) is 5.32 Å². The molecule has 3 heteroatoms. The Morgan fingerprint density at radius 3 is 2.53 bits per heavy atom. The zero-order valence-electron chi connectivity index (χ0n) is 8.63. The first-order valence-corrected chi connectivity index (χ1v) is 4.97. The minimum absolute atomic E-state index is 0.349.